The summed E-state index contributed by atoms with van der Waals surface area (Å²) in [5, 5.41) is 3.14. The van der Waals surface area contributed by atoms with Gasteiger partial charge in [-0.25, -0.2) is 13.4 Å². The predicted octanol–water partition coefficient (Wildman–Crippen LogP) is 4.58. The zero-order valence-corrected chi connectivity index (χ0v) is 21.7. The second-order valence-electron chi connectivity index (χ2n) is 8.92. The van der Waals surface area contributed by atoms with E-state index < -0.39 is 10.0 Å². The number of para-hydroxylation sites is 1. The van der Waals surface area contributed by atoms with Gasteiger partial charge in [0.05, 0.1) is 23.0 Å². The van der Waals surface area contributed by atoms with E-state index in [0.29, 0.717) is 49.7 Å². The molecule has 184 valence electrons. The smallest absolute Gasteiger partial charge is 0.273 e. The highest BCUT2D eigenvalue weighted by Gasteiger charge is 2.35. The van der Waals surface area contributed by atoms with Crippen molar-refractivity contribution in [3.05, 3.63) is 75.2 Å². The Kier molecular flexibility index (Phi) is 6.85. The first-order chi connectivity index (χ1) is 16.8. The molecule has 0 bridgehead atoms. The minimum atomic E-state index is -3.59. The van der Waals surface area contributed by atoms with Crippen LogP contribution in [-0.4, -0.2) is 60.8 Å². The molecule has 0 radical (unpaired) electrons. The number of carbonyl (C=O) groups is 1. The molecule has 35 heavy (non-hydrogen) atoms. The first kappa shape index (κ1) is 24.2. The van der Waals surface area contributed by atoms with E-state index >= 15 is 0 Å². The number of nitrogens with zero attached hydrogens (tertiary/aromatic N) is 3. The van der Waals surface area contributed by atoms with Crippen LogP contribution in [0.5, 0.6) is 5.75 Å². The van der Waals surface area contributed by atoms with Gasteiger partial charge < -0.3 is 9.64 Å². The first-order valence-electron chi connectivity index (χ1n) is 11.5. The van der Waals surface area contributed by atoms with Crippen molar-refractivity contribution in [1.29, 1.82) is 0 Å². The van der Waals surface area contributed by atoms with Crippen LogP contribution in [0.2, 0.25) is 5.02 Å². The molecule has 2 aliphatic rings. The Morgan fingerprint density at radius 3 is 2.51 bits per heavy atom. The van der Waals surface area contributed by atoms with Crippen LogP contribution < -0.4 is 4.74 Å². The van der Waals surface area contributed by atoms with Crippen molar-refractivity contribution in [3.8, 4) is 5.75 Å². The Balaban J connectivity index is 1.15. The maximum Gasteiger partial charge on any atom is 0.273 e. The fraction of sp³-hybridized carbons (Fsp3) is 0.360. The van der Waals surface area contributed by atoms with Crippen LogP contribution in [0.1, 0.15) is 39.8 Å². The van der Waals surface area contributed by atoms with Crippen molar-refractivity contribution in [2.45, 2.75) is 36.7 Å². The lowest BCUT2D eigenvalue weighted by Crippen LogP contribution is -2.56. The molecule has 0 saturated carbocycles. The highest BCUT2D eigenvalue weighted by atomic mass is 35.5. The summed E-state index contributed by atoms with van der Waals surface area (Å²) in [5.41, 5.74) is 1.29. The van der Waals surface area contributed by atoms with E-state index in [9.17, 15) is 13.2 Å². The molecule has 2 fully saturated rings. The molecular formula is C25H26ClN3O4S2. The second-order valence-corrected chi connectivity index (χ2v) is 12.2. The van der Waals surface area contributed by atoms with E-state index in [4.69, 9.17) is 16.3 Å². The highest BCUT2D eigenvalue weighted by Crippen LogP contribution is 2.33. The number of aryl methyl sites for hydroxylation is 1. The highest BCUT2D eigenvalue weighted by molar-refractivity contribution is 7.89. The third-order valence-electron chi connectivity index (χ3n) is 6.51. The molecule has 0 N–H and O–H groups in total. The van der Waals surface area contributed by atoms with Gasteiger partial charge in [0.25, 0.3) is 5.91 Å². The van der Waals surface area contributed by atoms with Crippen LogP contribution in [0, 0.1) is 6.92 Å². The Bertz CT molecular complexity index is 1320. The van der Waals surface area contributed by atoms with Gasteiger partial charge in [-0.05, 0) is 49.6 Å². The first-order valence-corrected chi connectivity index (χ1v) is 14.2. The zero-order chi connectivity index (χ0) is 24.6. The molecule has 2 saturated heterocycles. The molecule has 0 aliphatic carbocycles. The third kappa shape index (κ3) is 5.09. The summed E-state index contributed by atoms with van der Waals surface area (Å²) in [4.78, 5) is 19.4. The van der Waals surface area contributed by atoms with Gasteiger partial charge in [-0.1, -0.05) is 35.9 Å². The van der Waals surface area contributed by atoms with E-state index in [0.717, 1.165) is 16.3 Å². The van der Waals surface area contributed by atoms with Gasteiger partial charge >= 0.3 is 0 Å². The third-order valence-corrected chi connectivity index (χ3v) is 9.82. The summed E-state index contributed by atoms with van der Waals surface area (Å²) in [6.45, 7) is 3.74. The number of ether oxygens (including phenoxy) is 1. The van der Waals surface area contributed by atoms with Crippen LogP contribution in [0.15, 0.2) is 58.8 Å². The summed E-state index contributed by atoms with van der Waals surface area (Å²) in [5.74, 6) is 0.858. The van der Waals surface area contributed by atoms with E-state index in [1.54, 1.807) is 22.4 Å². The topological polar surface area (TPSA) is 79.8 Å². The number of rotatable bonds is 6. The molecule has 1 amide bonds. The molecule has 2 aromatic carbocycles. The molecule has 1 aromatic heterocycles. The Labute approximate surface area is 214 Å². The number of aromatic nitrogens is 1. The fourth-order valence-electron chi connectivity index (χ4n) is 4.33. The second kappa shape index (κ2) is 9.89. The maximum absolute atomic E-state index is 13.0. The van der Waals surface area contributed by atoms with Crippen LogP contribution in [0.25, 0.3) is 0 Å². The molecule has 0 unspecified atom stereocenters. The fourth-order valence-corrected chi connectivity index (χ4v) is 7.04. The SMILES string of the molecule is Cc1ccc(S(=O)(=O)N2CCC(c3nc(C(=O)N4CC(Oc5ccccc5)C4)cs3)CC2)cc1Cl. The number of thiazole rings is 1. The molecule has 7 nitrogen and oxygen atoms in total. The monoisotopic (exact) mass is 531 g/mol. The number of benzene rings is 2. The molecule has 5 rings (SSSR count). The normalized spacial score (nSPS) is 17.8. The van der Waals surface area contributed by atoms with Gasteiger partial charge in [-0.2, -0.15) is 4.31 Å². The average molecular weight is 532 g/mol. The van der Waals surface area contributed by atoms with E-state index in [2.05, 4.69) is 4.98 Å². The molecule has 2 aliphatic heterocycles. The van der Waals surface area contributed by atoms with Crippen LogP contribution in [-0.2, 0) is 10.0 Å². The number of piperidine rings is 1. The maximum atomic E-state index is 13.0. The van der Waals surface area contributed by atoms with Gasteiger partial charge in [0.1, 0.15) is 17.5 Å². The standard InChI is InChI=1S/C25H26ClN3O4S2/c1-17-7-8-21(13-22(17)26)35(31,32)29-11-9-18(10-12-29)24-27-23(16-34-24)25(30)28-14-20(15-28)33-19-5-3-2-4-6-19/h2-8,13,16,18,20H,9-12,14-15H2,1H3. The summed E-state index contributed by atoms with van der Waals surface area (Å²) in [7, 11) is -3.59. The lowest BCUT2D eigenvalue weighted by atomic mass is 9.99. The number of sulfonamides is 1. The van der Waals surface area contributed by atoms with E-state index in [1.165, 1.54) is 21.7 Å². The van der Waals surface area contributed by atoms with Crippen molar-refractivity contribution in [2.24, 2.45) is 0 Å². The Hall–Kier alpha value is -2.46. The largest absolute Gasteiger partial charge is 0.487 e. The van der Waals surface area contributed by atoms with Crippen molar-refractivity contribution >= 4 is 38.9 Å². The quantitative estimate of drug-likeness (QED) is 0.465. The summed E-state index contributed by atoms with van der Waals surface area (Å²) in [6, 6.07) is 14.4. The summed E-state index contributed by atoms with van der Waals surface area (Å²) >= 11 is 7.62. The molecule has 3 aromatic rings. The predicted molar refractivity (Wildman–Crippen MR) is 136 cm³/mol. The lowest BCUT2D eigenvalue weighted by Gasteiger charge is -2.38. The van der Waals surface area contributed by atoms with Gasteiger partial charge in [0, 0.05) is 29.4 Å². The van der Waals surface area contributed by atoms with E-state index in [1.807, 2.05) is 37.3 Å². The molecule has 0 atom stereocenters. The van der Waals surface area contributed by atoms with Crippen molar-refractivity contribution < 1.29 is 17.9 Å². The van der Waals surface area contributed by atoms with Crippen molar-refractivity contribution in [2.75, 3.05) is 26.2 Å². The zero-order valence-electron chi connectivity index (χ0n) is 19.3. The van der Waals surface area contributed by atoms with Gasteiger partial charge in [0.15, 0.2) is 0 Å². The Morgan fingerprint density at radius 1 is 1.11 bits per heavy atom. The van der Waals surface area contributed by atoms with Crippen LogP contribution in [0.4, 0.5) is 0 Å². The minimum Gasteiger partial charge on any atom is -0.487 e. The summed E-state index contributed by atoms with van der Waals surface area (Å²) < 4.78 is 33.5. The molecule has 10 heteroatoms. The van der Waals surface area contributed by atoms with Gasteiger partial charge in [-0.15, -0.1) is 11.3 Å². The van der Waals surface area contributed by atoms with Crippen LogP contribution >= 0.6 is 22.9 Å². The minimum absolute atomic E-state index is 0.00542. The number of carbonyl (C=O) groups excluding carboxylic acids is 1. The number of hydrogen-bond acceptors (Lipinski definition) is 6. The number of hydrogen-bond donors (Lipinski definition) is 0. The van der Waals surface area contributed by atoms with Gasteiger partial charge in [0.2, 0.25) is 10.0 Å². The molecule has 0 spiro atoms. The summed E-state index contributed by atoms with van der Waals surface area (Å²) in [6.07, 6.45) is 1.32. The van der Waals surface area contributed by atoms with E-state index in [-0.39, 0.29) is 22.8 Å². The van der Waals surface area contributed by atoms with Crippen molar-refractivity contribution in [1.82, 2.24) is 14.2 Å². The van der Waals surface area contributed by atoms with Crippen LogP contribution in [0.3, 0.4) is 0 Å². The average Bonchev–Trinajstić information content (AvgIpc) is 3.33. The van der Waals surface area contributed by atoms with Gasteiger partial charge in [-0.3, -0.25) is 4.79 Å². The number of amides is 1. The molecule has 3 heterocycles. The number of likely N-dealkylation sites (tertiary alicyclic amines) is 1. The Morgan fingerprint density at radius 2 is 1.83 bits per heavy atom. The van der Waals surface area contributed by atoms with Crippen molar-refractivity contribution in [3.63, 3.8) is 0 Å². The number of halogens is 1. The lowest BCUT2D eigenvalue weighted by molar-refractivity contribution is 0.0174. The molecular weight excluding hydrogens is 506 g/mol.